The molecule has 1 spiro atoms. The van der Waals surface area contributed by atoms with Crippen LogP contribution in [0.3, 0.4) is 0 Å². The molecule has 6 nitrogen and oxygen atoms in total. The van der Waals surface area contributed by atoms with Crippen LogP contribution in [0.2, 0.25) is 0 Å². The number of piperidine rings is 1. The summed E-state index contributed by atoms with van der Waals surface area (Å²) in [7, 11) is 1.96. The zero-order chi connectivity index (χ0) is 18.3. The van der Waals surface area contributed by atoms with Gasteiger partial charge in [0.15, 0.2) is 5.69 Å². The number of hydrogen-bond acceptors (Lipinski definition) is 4. The highest BCUT2D eigenvalue weighted by molar-refractivity contribution is 5.94. The van der Waals surface area contributed by atoms with E-state index in [-0.39, 0.29) is 17.6 Å². The summed E-state index contributed by atoms with van der Waals surface area (Å²) in [5, 5.41) is 7.47. The zero-order valence-electron chi connectivity index (χ0n) is 16.4. The van der Waals surface area contributed by atoms with E-state index in [0.29, 0.717) is 12.3 Å². The number of likely N-dealkylation sites (tertiary alicyclic amines) is 1. The molecular weight excluding hydrogens is 328 g/mol. The Morgan fingerprint density at radius 3 is 2.62 bits per heavy atom. The maximum absolute atomic E-state index is 12.4. The molecular formula is C20H32N4O2. The van der Waals surface area contributed by atoms with E-state index in [4.69, 9.17) is 4.74 Å². The molecule has 1 amide bonds. The van der Waals surface area contributed by atoms with Crippen molar-refractivity contribution < 1.29 is 9.53 Å². The molecule has 0 unspecified atom stereocenters. The van der Waals surface area contributed by atoms with Gasteiger partial charge in [0, 0.05) is 49.9 Å². The minimum atomic E-state index is -0.0903. The summed E-state index contributed by atoms with van der Waals surface area (Å²) in [6.45, 7) is 6.72. The fourth-order valence-electron chi connectivity index (χ4n) is 4.96. The minimum Gasteiger partial charge on any atom is -0.370 e. The van der Waals surface area contributed by atoms with Gasteiger partial charge in [0.2, 0.25) is 0 Å². The van der Waals surface area contributed by atoms with Crippen molar-refractivity contribution >= 4 is 5.91 Å². The first-order valence-electron chi connectivity index (χ1n) is 10.2. The van der Waals surface area contributed by atoms with Gasteiger partial charge < -0.3 is 15.0 Å². The predicted octanol–water partition coefficient (Wildman–Crippen LogP) is 2.41. The first kappa shape index (κ1) is 18.0. The topological polar surface area (TPSA) is 59.4 Å². The molecule has 0 aromatic carbocycles. The number of fused-ring (bicyclic) bond motifs is 1. The molecule has 26 heavy (non-hydrogen) atoms. The highest BCUT2D eigenvalue weighted by atomic mass is 16.5. The van der Waals surface area contributed by atoms with Crippen molar-refractivity contribution in [2.45, 2.75) is 83.1 Å². The van der Waals surface area contributed by atoms with Crippen LogP contribution in [0.15, 0.2) is 0 Å². The van der Waals surface area contributed by atoms with E-state index in [0.717, 1.165) is 44.0 Å². The van der Waals surface area contributed by atoms with Crippen LogP contribution in [0.1, 0.15) is 74.1 Å². The van der Waals surface area contributed by atoms with Gasteiger partial charge in [-0.05, 0) is 39.5 Å². The molecule has 2 fully saturated rings. The second-order valence-electron chi connectivity index (χ2n) is 8.65. The maximum Gasteiger partial charge on any atom is 0.272 e. The third-order valence-corrected chi connectivity index (χ3v) is 6.47. The summed E-state index contributed by atoms with van der Waals surface area (Å²) in [5.74, 6) is -0.0903. The molecule has 1 aromatic heterocycles. The smallest absolute Gasteiger partial charge is 0.272 e. The highest BCUT2D eigenvalue weighted by Gasteiger charge is 2.42. The predicted molar refractivity (Wildman–Crippen MR) is 100 cm³/mol. The lowest BCUT2D eigenvalue weighted by Gasteiger charge is -2.45. The fourth-order valence-corrected chi connectivity index (χ4v) is 4.96. The molecule has 0 atom stereocenters. The van der Waals surface area contributed by atoms with E-state index in [1.54, 1.807) is 0 Å². The fraction of sp³-hybridized carbons (Fsp3) is 0.800. The van der Waals surface area contributed by atoms with Crippen molar-refractivity contribution in [3.8, 4) is 0 Å². The number of hydrogen-bond donors (Lipinski definition) is 1. The number of aryl methyl sites for hydroxylation is 1. The average Bonchev–Trinajstić information content (AvgIpc) is 3.24. The Morgan fingerprint density at radius 1 is 1.27 bits per heavy atom. The Labute approximate surface area is 156 Å². The molecule has 144 valence electrons. The second-order valence-corrected chi connectivity index (χ2v) is 8.65. The number of carbonyl (C=O) groups is 1. The van der Waals surface area contributed by atoms with Crippen LogP contribution in [-0.2, 0) is 24.8 Å². The Bertz CT molecular complexity index is 668. The quantitative estimate of drug-likeness (QED) is 0.899. The largest absolute Gasteiger partial charge is 0.370 e. The van der Waals surface area contributed by atoms with Crippen LogP contribution >= 0.6 is 0 Å². The molecule has 3 heterocycles. The van der Waals surface area contributed by atoms with Gasteiger partial charge in [0.25, 0.3) is 5.91 Å². The first-order chi connectivity index (χ1) is 12.5. The summed E-state index contributed by atoms with van der Waals surface area (Å²) in [6, 6.07) is 0.908. The Hall–Kier alpha value is -1.40. The molecule has 1 aliphatic carbocycles. The van der Waals surface area contributed by atoms with Gasteiger partial charge in [-0.15, -0.1) is 0 Å². The van der Waals surface area contributed by atoms with Gasteiger partial charge in [0.05, 0.1) is 12.2 Å². The average molecular weight is 361 g/mol. The minimum absolute atomic E-state index is 0.0678. The molecule has 1 saturated heterocycles. The summed E-state index contributed by atoms with van der Waals surface area (Å²) < 4.78 is 8.29. The molecule has 3 aliphatic rings. The van der Waals surface area contributed by atoms with Crippen molar-refractivity contribution in [3.63, 3.8) is 0 Å². The monoisotopic (exact) mass is 360 g/mol. The summed E-state index contributed by atoms with van der Waals surface area (Å²) in [4.78, 5) is 15.1. The number of amides is 1. The number of rotatable bonds is 3. The first-order valence-corrected chi connectivity index (χ1v) is 10.2. The molecule has 6 heteroatoms. The molecule has 1 N–H and O–H groups in total. The lowest BCUT2D eigenvalue weighted by Crippen LogP contribution is -2.51. The number of nitrogens with zero attached hydrogens (tertiary/aromatic N) is 3. The molecule has 1 aromatic rings. The number of carbonyl (C=O) groups excluding carboxylic acids is 1. The van der Waals surface area contributed by atoms with Crippen LogP contribution in [0.25, 0.3) is 0 Å². The van der Waals surface area contributed by atoms with Gasteiger partial charge in [-0.2, -0.15) is 5.10 Å². The van der Waals surface area contributed by atoms with E-state index >= 15 is 0 Å². The van der Waals surface area contributed by atoms with E-state index in [2.05, 4.69) is 15.3 Å². The molecule has 2 aliphatic heterocycles. The third kappa shape index (κ3) is 3.29. The molecule has 0 radical (unpaired) electrons. The van der Waals surface area contributed by atoms with Gasteiger partial charge in [0.1, 0.15) is 0 Å². The normalized spacial score (nSPS) is 23.5. The number of ether oxygens (including phenoxy) is 1. The standard InChI is InChI=1S/C20H32N4O2/c1-14(2)21-19(25)18-16-13-26-20(12-17(16)23(3)22-18)8-10-24(11-9-20)15-6-4-5-7-15/h14-15H,4-13H2,1-3H3,(H,21,25). The molecule has 1 saturated carbocycles. The van der Waals surface area contributed by atoms with Gasteiger partial charge in [-0.25, -0.2) is 0 Å². The van der Waals surface area contributed by atoms with Crippen LogP contribution < -0.4 is 5.32 Å². The summed E-state index contributed by atoms with van der Waals surface area (Å²) >= 11 is 0. The number of nitrogens with one attached hydrogen (secondary N) is 1. The van der Waals surface area contributed by atoms with Crippen LogP contribution in [-0.4, -0.2) is 51.4 Å². The molecule has 0 bridgehead atoms. The summed E-state index contributed by atoms with van der Waals surface area (Å²) in [6.07, 6.45) is 8.56. The van der Waals surface area contributed by atoms with Crippen LogP contribution in [0, 0.1) is 0 Å². The van der Waals surface area contributed by atoms with Crippen molar-refractivity contribution in [2.24, 2.45) is 7.05 Å². The Morgan fingerprint density at radius 2 is 1.96 bits per heavy atom. The van der Waals surface area contributed by atoms with Crippen LogP contribution in [0.5, 0.6) is 0 Å². The highest BCUT2D eigenvalue weighted by Crippen LogP contribution is 2.38. The summed E-state index contributed by atoms with van der Waals surface area (Å²) in [5.41, 5.74) is 2.63. The van der Waals surface area contributed by atoms with E-state index in [1.165, 1.54) is 31.4 Å². The van der Waals surface area contributed by atoms with Crippen molar-refractivity contribution in [1.29, 1.82) is 0 Å². The van der Waals surface area contributed by atoms with E-state index in [9.17, 15) is 4.79 Å². The van der Waals surface area contributed by atoms with E-state index in [1.807, 2.05) is 25.6 Å². The SMILES string of the molecule is CC(C)NC(=O)c1nn(C)c2c1COC1(CCN(C3CCCC3)CC1)C2. The lowest BCUT2D eigenvalue weighted by molar-refractivity contribution is -0.107. The van der Waals surface area contributed by atoms with Crippen molar-refractivity contribution in [3.05, 3.63) is 17.0 Å². The molecule has 4 rings (SSSR count). The lowest BCUT2D eigenvalue weighted by atomic mass is 9.83. The second kappa shape index (κ2) is 6.97. The van der Waals surface area contributed by atoms with Gasteiger partial charge in [-0.3, -0.25) is 9.48 Å². The third-order valence-electron chi connectivity index (χ3n) is 6.47. The van der Waals surface area contributed by atoms with Crippen molar-refractivity contribution in [2.75, 3.05) is 13.1 Å². The van der Waals surface area contributed by atoms with Crippen molar-refractivity contribution in [1.82, 2.24) is 20.0 Å². The number of aromatic nitrogens is 2. The Balaban J connectivity index is 1.47. The maximum atomic E-state index is 12.4. The van der Waals surface area contributed by atoms with Crippen LogP contribution in [0.4, 0.5) is 0 Å². The zero-order valence-corrected chi connectivity index (χ0v) is 16.4. The van der Waals surface area contributed by atoms with Gasteiger partial charge >= 0.3 is 0 Å². The van der Waals surface area contributed by atoms with E-state index < -0.39 is 0 Å². The van der Waals surface area contributed by atoms with Gasteiger partial charge in [-0.1, -0.05) is 12.8 Å². The Kier molecular flexibility index (Phi) is 4.82.